The van der Waals surface area contributed by atoms with Gasteiger partial charge in [-0.05, 0) is 37.8 Å². The fourth-order valence-corrected chi connectivity index (χ4v) is 4.21. The Kier molecular flexibility index (Phi) is 5.56. The van der Waals surface area contributed by atoms with Crippen molar-refractivity contribution in [3.05, 3.63) is 43.1 Å². The van der Waals surface area contributed by atoms with E-state index < -0.39 is 0 Å². The molecule has 0 amide bonds. The highest BCUT2D eigenvalue weighted by Crippen LogP contribution is 2.33. The molecule has 0 atom stereocenters. The van der Waals surface area contributed by atoms with E-state index in [4.69, 9.17) is 9.47 Å². The number of nitrogens with zero attached hydrogens (tertiary/aromatic N) is 5. The fourth-order valence-electron chi connectivity index (χ4n) is 4.21. The van der Waals surface area contributed by atoms with Gasteiger partial charge in [-0.15, -0.1) is 0 Å². The van der Waals surface area contributed by atoms with Gasteiger partial charge in [0.25, 0.3) is 0 Å². The second kappa shape index (κ2) is 8.79. The Morgan fingerprint density at radius 1 is 0.967 bits per heavy atom. The molecule has 156 valence electrons. The molecule has 3 heterocycles. The fraction of sp³-hybridized carbons (Fsp3) is 0.455. The summed E-state index contributed by atoms with van der Waals surface area (Å²) < 4.78 is 12.0. The van der Waals surface area contributed by atoms with Crippen LogP contribution in [0.15, 0.2) is 43.1 Å². The van der Waals surface area contributed by atoms with E-state index in [0.29, 0.717) is 6.04 Å². The van der Waals surface area contributed by atoms with Crippen LogP contribution < -0.4 is 15.0 Å². The van der Waals surface area contributed by atoms with Crippen molar-refractivity contribution >= 4 is 22.5 Å². The van der Waals surface area contributed by atoms with Crippen molar-refractivity contribution in [3.8, 4) is 5.75 Å². The molecule has 8 heteroatoms. The van der Waals surface area contributed by atoms with Gasteiger partial charge in [0.2, 0.25) is 0 Å². The Labute approximate surface area is 175 Å². The molecular weight excluding hydrogens is 380 g/mol. The molecule has 30 heavy (non-hydrogen) atoms. The standard InChI is InChI=1S/C22H26N6O2/c1-3-18(4-2-16(1)27-21-5-6-23-15-26-21)30-20-14-17(28-9-11-29-12-10-28)13-19-22(20)25-8-7-24-19/h5-8,13-16,18H,1-4,9-12H2,(H,23,26,27)/t16-,18+. The number of fused-ring (bicyclic) bond motifs is 1. The number of rotatable bonds is 5. The van der Waals surface area contributed by atoms with Crippen LogP contribution in [0.4, 0.5) is 11.5 Å². The molecule has 3 aromatic rings. The van der Waals surface area contributed by atoms with Crippen molar-refractivity contribution in [1.82, 2.24) is 19.9 Å². The molecule has 1 aromatic carbocycles. The van der Waals surface area contributed by atoms with Gasteiger partial charge in [-0.25, -0.2) is 15.0 Å². The van der Waals surface area contributed by atoms with Gasteiger partial charge in [-0.1, -0.05) is 0 Å². The number of aromatic nitrogens is 4. The Balaban J connectivity index is 1.29. The predicted molar refractivity (Wildman–Crippen MR) is 115 cm³/mol. The minimum atomic E-state index is 0.179. The largest absolute Gasteiger partial charge is 0.488 e. The van der Waals surface area contributed by atoms with Crippen LogP contribution in [-0.4, -0.2) is 58.4 Å². The highest BCUT2D eigenvalue weighted by Gasteiger charge is 2.24. The van der Waals surface area contributed by atoms with Gasteiger partial charge in [0.05, 0.1) is 24.8 Å². The smallest absolute Gasteiger partial charge is 0.149 e. The van der Waals surface area contributed by atoms with E-state index in [0.717, 1.165) is 80.3 Å². The average Bonchev–Trinajstić information content (AvgIpc) is 2.81. The Hall–Kier alpha value is -3.00. The van der Waals surface area contributed by atoms with Crippen molar-refractivity contribution < 1.29 is 9.47 Å². The zero-order chi connectivity index (χ0) is 20.2. The van der Waals surface area contributed by atoms with Gasteiger partial charge in [-0.3, -0.25) is 4.98 Å². The molecule has 1 aliphatic heterocycles. The molecule has 5 rings (SSSR count). The molecule has 1 N–H and O–H groups in total. The minimum Gasteiger partial charge on any atom is -0.488 e. The van der Waals surface area contributed by atoms with E-state index in [-0.39, 0.29) is 6.10 Å². The number of nitrogens with one attached hydrogen (secondary N) is 1. The monoisotopic (exact) mass is 406 g/mol. The maximum absolute atomic E-state index is 6.48. The maximum Gasteiger partial charge on any atom is 0.149 e. The molecule has 8 nitrogen and oxygen atoms in total. The van der Waals surface area contributed by atoms with Gasteiger partial charge in [0.1, 0.15) is 23.4 Å². The second-order valence-corrected chi connectivity index (χ2v) is 7.80. The lowest BCUT2D eigenvalue weighted by Gasteiger charge is -2.31. The molecule has 2 fully saturated rings. The van der Waals surface area contributed by atoms with Gasteiger partial charge in [0, 0.05) is 49.5 Å². The summed E-state index contributed by atoms with van der Waals surface area (Å²) in [6, 6.07) is 6.54. The third-order valence-electron chi connectivity index (χ3n) is 5.80. The lowest BCUT2D eigenvalue weighted by molar-refractivity contribution is 0.122. The summed E-state index contributed by atoms with van der Waals surface area (Å²) in [5.41, 5.74) is 2.83. The van der Waals surface area contributed by atoms with Crippen molar-refractivity contribution in [1.29, 1.82) is 0 Å². The molecule has 1 aliphatic carbocycles. The SMILES string of the molecule is c1cc(N[C@H]2CC[C@@H](Oc3cc(N4CCOCC4)cc4nccnc34)CC2)ncn1. The topological polar surface area (TPSA) is 85.3 Å². The summed E-state index contributed by atoms with van der Waals surface area (Å²) in [5.74, 6) is 1.71. The van der Waals surface area contributed by atoms with E-state index in [2.05, 4.69) is 42.3 Å². The van der Waals surface area contributed by atoms with Crippen LogP contribution in [0.5, 0.6) is 5.75 Å². The lowest BCUT2D eigenvalue weighted by atomic mass is 9.93. The number of anilines is 2. The summed E-state index contributed by atoms with van der Waals surface area (Å²) in [7, 11) is 0. The van der Waals surface area contributed by atoms with Gasteiger partial charge < -0.3 is 19.7 Å². The summed E-state index contributed by atoms with van der Waals surface area (Å²) >= 11 is 0. The molecule has 0 unspecified atom stereocenters. The van der Waals surface area contributed by atoms with Gasteiger partial charge in [-0.2, -0.15) is 0 Å². The molecule has 0 bridgehead atoms. The quantitative estimate of drug-likeness (QED) is 0.692. The van der Waals surface area contributed by atoms with E-state index in [9.17, 15) is 0 Å². The average molecular weight is 406 g/mol. The lowest BCUT2D eigenvalue weighted by Crippen LogP contribution is -2.36. The summed E-state index contributed by atoms with van der Waals surface area (Å²) in [6.07, 6.45) is 11.0. The summed E-state index contributed by atoms with van der Waals surface area (Å²) in [5, 5.41) is 3.50. The first-order valence-electron chi connectivity index (χ1n) is 10.6. The summed E-state index contributed by atoms with van der Waals surface area (Å²) in [4.78, 5) is 19.6. The first-order chi connectivity index (χ1) is 14.8. The Morgan fingerprint density at radius 2 is 1.80 bits per heavy atom. The minimum absolute atomic E-state index is 0.179. The van der Waals surface area contributed by atoms with Crippen LogP contribution in [0, 0.1) is 0 Å². The van der Waals surface area contributed by atoms with E-state index in [1.807, 2.05) is 6.07 Å². The molecule has 2 aromatic heterocycles. The number of hydrogen-bond donors (Lipinski definition) is 1. The number of hydrogen-bond acceptors (Lipinski definition) is 8. The zero-order valence-corrected chi connectivity index (χ0v) is 16.9. The van der Waals surface area contributed by atoms with Crippen LogP contribution in [0.1, 0.15) is 25.7 Å². The molecule has 2 aliphatic rings. The first-order valence-corrected chi connectivity index (χ1v) is 10.6. The van der Waals surface area contributed by atoms with Crippen LogP contribution in [0.3, 0.4) is 0 Å². The van der Waals surface area contributed by atoms with E-state index in [1.165, 1.54) is 0 Å². The first kappa shape index (κ1) is 19.0. The van der Waals surface area contributed by atoms with Crippen molar-refractivity contribution in [2.75, 3.05) is 36.5 Å². The highest BCUT2D eigenvalue weighted by molar-refractivity contribution is 5.85. The van der Waals surface area contributed by atoms with Crippen molar-refractivity contribution in [3.63, 3.8) is 0 Å². The molecule has 0 spiro atoms. The highest BCUT2D eigenvalue weighted by atomic mass is 16.5. The normalized spacial score (nSPS) is 22.1. The van der Waals surface area contributed by atoms with Crippen molar-refractivity contribution in [2.45, 2.75) is 37.8 Å². The number of benzene rings is 1. The van der Waals surface area contributed by atoms with Crippen molar-refractivity contribution in [2.24, 2.45) is 0 Å². The Morgan fingerprint density at radius 3 is 2.60 bits per heavy atom. The number of morpholine rings is 1. The van der Waals surface area contributed by atoms with Crippen LogP contribution in [0.25, 0.3) is 11.0 Å². The number of ether oxygens (including phenoxy) is 2. The molecule has 1 saturated carbocycles. The molecule has 1 saturated heterocycles. The van der Waals surface area contributed by atoms with E-state index in [1.54, 1.807) is 24.9 Å². The van der Waals surface area contributed by atoms with Crippen LogP contribution >= 0.6 is 0 Å². The van der Waals surface area contributed by atoms with E-state index >= 15 is 0 Å². The third-order valence-corrected chi connectivity index (χ3v) is 5.80. The molecule has 0 radical (unpaired) electrons. The van der Waals surface area contributed by atoms with Gasteiger partial charge in [0.15, 0.2) is 0 Å². The van der Waals surface area contributed by atoms with Crippen LogP contribution in [0.2, 0.25) is 0 Å². The predicted octanol–water partition coefficient (Wildman–Crippen LogP) is 3.06. The Bertz CT molecular complexity index is 972. The summed E-state index contributed by atoms with van der Waals surface area (Å²) in [6.45, 7) is 3.26. The zero-order valence-electron chi connectivity index (χ0n) is 16.9. The second-order valence-electron chi connectivity index (χ2n) is 7.80. The maximum atomic E-state index is 6.48. The van der Waals surface area contributed by atoms with Crippen LogP contribution in [-0.2, 0) is 4.74 Å². The van der Waals surface area contributed by atoms with Gasteiger partial charge >= 0.3 is 0 Å². The molecular formula is C22H26N6O2. The third kappa shape index (κ3) is 4.28.